The lowest BCUT2D eigenvalue weighted by Gasteiger charge is -2.34. The summed E-state index contributed by atoms with van der Waals surface area (Å²) in [5.74, 6) is 2.57. The van der Waals surface area contributed by atoms with Gasteiger partial charge in [-0.15, -0.1) is 0 Å². The Hall–Kier alpha value is -0.220. The van der Waals surface area contributed by atoms with Gasteiger partial charge >= 0.3 is 0 Å². The first-order chi connectivity index (χ1) is 6.66. The van der Waals surface area contributed by atoms with Gasteiger partial charge in [-0.25, -0.2) is 0 Å². The summed E-state index contributed by atoms with van der Waals surface area (Å²) < 4.78 is 0. The Kier molecular flexibility index (Phi) is 4.75. The van der Waals surface area contributed by atoms with Crippen molar-refractivity contribution in [2.45, 2.75) is 19.9 Å². The molecule has 1 saturated heterocycles. The van der Waals surface area contributed by atoms with Crippen molar-refractivity contribution in [2.75, 3.05) is 31.6 Å². The van der Waals surface area contributed by atoms with Crippen LogP contribution in [0.4, 0.5) is 0 Å². The number of hydrogen-bond acceptors (Lipinski definition) is 3. The molecule has 0 saturated carbocycles. The summed E-state index contributed by atoms with van der Waals surface area (Å²) in [6, 6.07) is 0.403. The van der Waals surface area contributed by atoms with Crippen molar-refractivity contribution >= 4 is 17.7 Å². The third-order valence-corrected chi connectivity index (χ3v) is 3.77. The maximum Gasteiger partial charge on any atom is 0.226 e. The molecule has 82 valence electrons. The SMILES string of the molecule is CNCC(C)C(=O)N1CCSCC1C. The van der Waals surface area contributed by atoms with Gasteiger partial charge in [-0.2, -0.15) is 11.8 Å². The molecule has 0 aliphatic carbocycles. The molecular formula is C10H20N2OS. The van der Waals surface area contributed by atoms with Crippen LogP contribution in [0.2, 0.25) is 0 Å². The Bertz CT molecular complexity index is 199. The minimum atomic E-state index is 0.102. The largest absolute Gasteiger partial charge is 0.338 e. The van der Waals surface area contributed by atoms with Gasteiger partial charge in [-0.1, -0.05) is 6.92 Å². The monoisotopic (exact) mass is 216 g/mol. The highest BCUT2D eigenvalue weighted by molar-refractivity contribution is 7.99. The zero-order chi connectivity index (χ0) is 10.6. The smallest absolute Gasteiger partial charge is 0.226 e. The van der Waals surface area contributed by atoms with Crippen LogP contribution >= 0.6 is 11.8 Å². The molecule has 1 heterocycles. The molecule has 0 aromatic rings. The van der Waals surface area contributed by atoms with Gasteiger partial charge in [0.05, 0.1) is 0 Å². The summed E-state index contributed by atoms with van der Waals surface area (Å²) in [7, 11) is 1.89. The summed E-state index contributed by atoms with van der Waals surface area (Å²) >= 11 is 1.94. The Balaban J connectivity index is 2.49. The van der Waals surface area contributed by atoms with Crippen LogP contribution in [0.1, 0.15) is 13.8 Å². The molecule has 1 aliphatic rings. The molecule has 1 aliphatic heterocycles. The Morgan fingerprint density at radius 2 is 2.43 bits per heavy atom. The van der Waals surface area contributed by atoms with Crippen LogP contribution < -0.4 is 5.32 Å². The average Bonchev–Trinajstić information content (AvgIpc) is 2.18. The lowest BCUT2D eigenvalue weighted by Crippen LogP contribution is -2.48. The number of carbonyl (C=O) groups is 1. The molecule has 1 fully saturated rings. The van der Waals surface area contributed by atoms with Crippen LogP contribution in [0.3, 0.4) is 0 Å². The maximum absolute atomic E-state index is 12.0. The van der Waals surface area contributed by atoms with Gasteiger partial charge in [0, 0.05) is 36.6 Å². The van der Waals surface area contributed by atoms with E-state index in [1.807, 2.05) is 30.6 Å². The Morgan fingerprint density at radius 3 is 3.00 bits per heavy atom. The first-order valence-electron chi connectivity index (χ1n) is 5.19. The number of nitrogens with zero attached hydrogens (tertiary/aromatic N) is 1. The van der Waals surface area contributed by atoms with Crippen molar-refractivity contribution in [3.05, 3.63) is 0 Å². The van der Waals surface area contributed by atoms with E-state index < -0.39 is 0 Å². The van der Waals surface area contributed by atoms with Gasteiger partial charge in [-0.05, 0) is 14.0 Å². The third kappa shape index (κ3) is 2.89. The fourth-order valence-corrected chi connectivity index (χ4v) is 2.74. The number of thioether (sulfide) groups is 1. The summed E-state index contributed by atoms with van der Waals surface area (Å²) in [6.07, 6.45) is 0. The summed E-state index contributed by atoms with van der Waals surface area (Å²) in [5.41, 5.74) is 0. The van der Waals surface area contributed by atoms with Gasteiger partial charge in [0.2, 0.25) is 5.91 Å². The van der Waals surface area contributed by atoms with E-state index in [0.29, 0.717) is 11.9 Å². The van der Waals surface area contributed by atoms with Gasteiger partial charge in [-0.3, -0.25) is 4.79 Å². The molecule has 0 spiro atoms. The summed E-state index contributed by atoms with van der Waals surface area (Å²) in [4.78, 5) is 14.0. The highest BCUT2D eigenvalue weighted by atomic mass is 32.2. The molecule has 1 amide bonds. The molecule has 14 heavy (non-hydrogen) atoms. The maximum atomic E-state index is 12.0. The number of carbonyl (C=O) groups excluding carboxylic acids is 1. The molecule has 0 bridgehead atoms. The van der Waals surface area contributed by atoms with E-state index in [4.69, 9.17) is 0 Å². The normalized spacial score (nSPS) is 24.8. The molecule has 2 atom stereocenters. The van der Waals surface area contributed by atoms with Crippen molar-refractivity contribution in [1.82, 2.24) is 10.2 Å². The molecule has 4 heteroatoms. The molecule has 0 aromatic carbocycles. The number of hydrogen-bond donors (Lipinski definition) is 1. The van der Waals surface area contributed by atoms with Crippen molar-refractivity contribution in [2.24, 2.45) is 5.92 Å². The molecular weight excluding hydrogens is 196 g/mol. The second-order valence-electron chi connectivity index (χ2n) is 3.91. The number of rotatable bonds is 3. The second-order valence-corrected chi connectivity index (χ2v) is 5.06. The molecule has 1 N–H and O–H groups in total. The van der Waals surface area contributed by atoms with Crippen molar-refractivity contribution < 1.29 is 4.79 Å². The van der Waals surface area contributed by atoms with E-state index in [1.54, 1.807) is 0 Å². The summed E-state index contributed by atoms with van der Waals surface area (Å²) in [6.45, 7) is 5.82. The van der Waals surface area contributed by atoms with E-state index >= 15 is 0 Å². The van der Waals surface area contributed by atoms with Gasteiger partial charge in [0.1, 0.15) is 0 Å². The fourth-order valence-electron chi connectivity index (χ4n) is 1.73. The minimum absolute atomic E-state index is 0.102. The predicted octanol–water partition coefficient (Wildman–Crippen LogP) is 0.806. The van der Waals surface area contributed by atoms with Crippen LogP contribution in [0.15, 0.2) is 0 Å². The van der Waals surface area contributed by atoms with Gasteiger partial charge in [0.15, 0.2) is 0 Å². The fraction of sp³-hybridized carbons (Fsp3) is 0.900. The van der Waals surface area contributed by atoms with Crippen molar-refractivity contribution in [1.29, 1.82) is 0 Å². The first kappa shape index (κ1) is 11.9. The highest BCUT2D eigenvalue weighted by Gasteiger charge is 2.26. The lowest BCUT2D eigenvalue weighted by atomic mass is 10.1. The van der Waals surface area contributed by atoms with E-state index in [2.05, 4.69) is 12.2 Å². The van der Waals surface area contributed by atoms with Crippen LogP contribution in [0, 0.1) is 5.92 Å². The minimum Gasteiger partial charge on any atom is -0.338 e. The van der Waals surface area contributed by atoms with Gasteiger partial charge < -0.3 is 10.2 Å². The van der Waals surface area contributed by atoms with Crippen LogP contribution in [-0.4, -0.2) is 48.5 Å². The Labute approximate surface area is 90.6 Å². The molecule has 3 nitrogen and oxygen atoms in total. The second kappa shape index (κ2) is 5.61. The topological polar surface area (TPSA) is 32.3 Å². The third-order valence-electron chi connectivity index (χ3n) is 2.58. The average molecular weight is 216 g/mol. The van der Waals surface area contributed by atoms with Crippen molar-refractivity contribution in [3.8, 4) is 0 Å². The molecule has 1 rings (SSSR count). The first-order valence-corrected chi connectivity index (χ1v) is 6.35. The van der Waals surface area contributed by atoms with E-state index in [0.717, 1.165) is 24.6 Å². The van der Waals surface area contributed by atoms with Crippen LogP contribution in [0.25, 0.3) is 0 Å². The van der Waals surface area contributed by atoms with Crippen molar-refractivity contribution in [3.63, 3.8) is 0 Å². The van der Waals surface area contributed by atoms with Crippen LogP contribution in [0.5, 0.6) is 0 Å². The number of amides is 1. The molecule has 2 unspecified atom stereocenters. The van der Waals surface area contributed by atoms with E-state index in [9.17, 15) is 4.79 Å². The highest BCUT2D eigenvalue weighted by Crippen LogP contribution is 2.17. The quantitative estimate of drug-likeness (QED) is 0.757. The predicted molar refractivity (Wildman–Crippen MR) is 61.6 cm³/mol. The Morgan fingerprint density at radius 1 is 1.71 bits per heavy atom. The number of nitrogens with one attached hydrogen (secondary N) is 1. The van der Waals surface area contributed by atoms with E-state index in [-0.39, 0.29) is 5.92 Å². The van der Waals surface area contributed by atoms with Gasteiger partial charge in [0.25, 0.3) is 0 Å². The lowest BCUT2D eigenvalue weighted by molar-refractivity contribution is -0.136. The molecule has 0 radical (unpaired) electrons. The summed E-state index contributed by atoms with van der Waals surface area (Å²) in [5, 5.41) is 3.05. The standard InChI is InChI=1S/C10H20N2OS/c1-8(6-11-3)10(13)12-4-5-14-7-9(12)2/h8-9,11H,4-7H2,1-3H3. The van der Waals surface area contributed by atoms with E-state index in [1.165, 1.54) is 0 Å². The zero-order valence-corrected chi connectivity index (χ0v) is 10.1. The molecule has 0 aromatic heterocycles. The van der Waals surface area contributed by atoms with Crippen LogP contribution in [-0.2, 0) is 4.79 Å². The zero-order valence-electron chi connectivity index (χ0n) is 9.25.